The van der Waals surface area contributed by atoms with Gasteiger partial charge in [-0.2, -0.15) is 0 Å². The van der Waals surface area contributed by atoms with Crippen LogP contribution in [0.2, 0.25) is 0 Å². The summed E-state index contributed by atoms with van der Waals surface area (Å²) in [5.74, 6) is -0.0529. The summed E-state index contributed by atoms with van der Waals surface area (Å²) in [5, 5.41) is 3.68. The number of methoxy groups -OCH3 is 1. The summed E-state index contributed by atoms with van der Waals surface area (Å²) in [6, 6.07) is 15.8. The Kier molecular flexibility index (Phi) is 4.61. The van der Waals surface area contributed by atoms with Crippen molar-refractivity contribution in [1.82, 2.24) is 10.3 Å². The van der Waals surface area contributed by atoms with Crippen molar-refractivity contribution in [2.75, 3.05) is 7.11 Å². The Balaban J connectivity index is 1.74. The molecular formula is C19H17N3O3. The molecule has 126 valence electrons. The molecule has 1 heterocycles. The second kappa shape index (κ2) is 7.00. The number of fused-ring (bicyclic) bond motifs is 1. The first-order chi connectivity index (χ1) is 12.1. The van der Waals surface area contributed by atoms with Crippen molar-refractivity contribution >= 4 is 22.7 Å². The van der Waals surface area contributed by atoms with E-state index in [1.165, 1.54) is 0 Å². The molecule has 0 saturated heterocycles. The summed E-state index contributed by atoms with van der Waals surface area (Å²) in [6.07, 6.45) is 0. The highest BCUT2D eigenvalue weighted by atomic mass is 16.5. The fraction of sp³-hybridized carbons (Fsp3) is 0.105. The Bertz CT molecular complexity index is 954. The zero-order chi connectivity index (χ0) is 17.8. The molecule has 2 aromatic carbocycles. The maximum absolute atomic E-state index is 12.3. The number of benzene rings is 2. The Labute approximate surface area is 144 Å². The van der Waals surface area contributed by atoms with E-state index in [0.29, 0.717) is 16.8 Å². The molecule has 1 aromatic heterocycles. The number of nitrogens with one attached hydrogen (secondary N) is 1. The highest BCUT2D eigenvalue weighted by Crippen LogP contribution is 2.19. The minimum Gasteiger partial charge on any atom is -0.497 e. The third kappa shape index (κ3) is 3.74. The van der Waals surface area contributed by atoms with E-state index >= 15 is 0 Å². The summed E-state index contributed by atoms with van der Waals surface area (Å²) >= 11 is 0. The number of amides is 2. The molecule has 0 atom stereocenters. The number of ether oxygens (including phenoxy) is 1. The number of nitrogens with zero attached hydrogens (tertiary/aromatic N) is 1. The molecule has 6 heteroatoms. The number of carbonyl (C=O) groups excluding carboxylic acids is 2. The van der Waals surface area contributed by atoms with E-state index in [4.69, 9.17) is 10.5 Å². The van der Waals surface area contributed by atoms with Gasteiger partial charge in [0.1, 0.15) is 11.4 Å². The third-order valence-corrected chi connectivity index (χ3v) is 3.79. The van der Waals surface area contributed by atoms with Crippen LogP contribution in [0.1, 0.15) is 26.4 Å². The normalized spacial score (nSPS) is 10.4. The first kappa shape index (κ1) is 16.4. The van der Waals surface area contributed by atoms with Crippen molar-refractivity contribution in [3.63, 3.8) is 0 Å². The van der Waals surface area contributed by atoms with Gasteiger partial charge in [0.15, 0.2) is 0 Å². The average Bonchev–Trinajstić information content (AvgIpc) is 2.65. The van der Waals surface area contributed by atoms with Crippen LogP contribution in [0, 0.1) is 0 Å². The Morgan fingerprint density at radius 1 is 1.12 bits per heavy atom. The molecule has 0 aliphatic heterocycles. The van der Waals surface area contributed by atoms with Gasteiger partial charge in [-0.1, -0.05) is 18.2 Å². The van der Waals surface area contributed by atoms with Crippen LogP contribution in [-0.4, -0.2) is 23.9 Å². The molecule has 0 bridgehead atoms. The van der Waals surface area contributed by atoms with Crippen molar-refractivity contribution in [2.45, 2.75) is 6.54 Å². The van der Waals surface area contributed by atoms with Gasteiger partial charge in [0, 0.05) is 17.5 Å². The summed E-state index contributed by atoms with van der Waals surface area (Å²) in [6.45, 7) is 0.280. The fourth-order valence-corrected chi connectivity index (χ4v) is 2.46. The molecule has 0 aliphatic rings. The molecule has 6 nitrogen and oxygen atoms in total. The number of hydrogen-bond donors (Lipinski definition) is 2. The van der Waals surface area contributed by atoms with E-state index in [1.54, 1.807) is 43.5 Å². The van der Waals surface area contributed by atoms with Crippen molar-refractivity contribution in [1.29, 1.82) is 0 Å². The fourth-order valence-electron chi connectivity index (χ4n) is 2.46. The smallest absolute Gasteiger partial charge is 0.270 e. The second-order valence-corrected chi connectivity index (χ2v) is 5.50. The van der Waals surface area contributed by atoms with E-state index in [9.17, 15) is 9.59 Å². The lowest BCUT2D eigenvalue weighted by Gasteiger charge is -2.07. The monoisotopic (exact) mass is 335 g/mol. The van der Waals surface area contributed by atoms with Gasteiger partial charge in [-0.15, -0.1) is 0 Å². The molecule has 3 N–H and O–H groups in total. The number of primary amides is 1. The predicted octanol–water partition coefficient (Wildman–Crippen LogP) is 2.27. The molecule has 2 amide bonds. The van der Waals surface area contributed by atoms with Crippen LogP contribution in [0.25, 0.3) is 10.9 Å². The summed E-state index contributed by atoms with van der Waals surface area (Å²) in [7, 11) is 1.60. The van der Waals surface area contributed by atoms with Crippen molar-refractivity contribution in [3.05, 3.63) is 71.4 Å². The topological polar surface area (TPSA) is 94.3 Å². The van der Waals surface area contributed by atoms with Crippen LogP contribution in [0.3, 0.4) is 0 Å². The zero-order valence-electron chi connectivity index (χ0n) is 13.7. The van der Waals surface area contributed by atoms with Crippen LogP contribution in [0.5, 0.6) is 5.75 Å². The number of hydrogen-bond acceptors (Lipinski definition) is 4. The van der Waals surface area contributed by atoms with Crippen LogP contribution >= 0.6 is 0 Å². The number of pyridine rings is 1. The lowest BCUT2D eigenvalue weighted by atomic mass is 10.1. The van der Waals surface area contributed by atoms with E-state index in [2.05, 4.69) is 10.3 Å². The summed E-state index contributed by atoms with van der Waals surface area (Å²) in [5.41, 5.74) is 7.49. The van der Waals surface area contributed by atoms with Crippen LogP contribution in [0.4, 0.5) is 0 Å². The van der Waals surface area contributed by atoms with Crippen molar-refractivity contribution in [3.8, 4) is 5.75 Å². The molecule has 3 rings (SSSR count). The van der Waals surface area contributed by atoms with Gasteiger partial charge in [0.25, 0.3) is 5.91 Å². The van der Waals surface area contributed by atoms with Gasteiger partial charge in [-0.25, -0.2) is 4.98 Å². The van der Waals surface area contributed by atoms with Gasteiger partial charge in [0.2, 0.25) is 5.91 Å². The van der Waals surface area contributed by atoms with Gasteiger partial charge in [-0.3, -0.25) is 9.59 Å². The Morgan fingerprint density at radius 2 is 1.96 bits per heavy atom. The number of nitrogens with two attached hydrogens (primary N) is 1. The highest BCUT2D eigenvalue weighted by Gasteiger charge is 2.09. The zero-order valence-corrected chi connectivity index (χ0v) is 13.7. The number of aromatic nitrogens is 1. The highest BCUT2D eigenvalue weighted by molar-refractivity contribution is 5.95. The Hall–Kier alpha value is -3.41. The lowest BCUT2D eigenvalue weighted by Crippen LogP contribution is -2.24. The van der Waals surface area contributed by atoms with Crippen molar-refractivity contribution in [2.24, 2.45) is 5.73 Å². The molecule has 0 spiro atoms. The maximum Gasteiger partial charge on any atom is 0.270 e. The van der Waals surface area contributed by atoms with Gasteiger partial charge < -0.3 is 15.8 Å². The summed E-state index contributed by atoms with van der Waals surface area (Å²) in [4.78, 5) is 27.9. The maximum atomic E-state index is 12.3. The standard InChI is InChI=1S/C19H17N3O3/c1-25-15-6-8-16-13(10-15)5-7-17(22-16)19(24)21-11-12-3-2-4-14(9-12)18(20)23/h2-10H,11H2,1H3,(H2,20,23)(H,21,24). The van der Waals surface area contributed by atoms with Crippen LogP contribution in [-0.2, 0) is 6.54 Å². The van der Waals surface area contributed by atoms with E-state index < -0.39 is 5.91 Å². The summed E-state index contributed by atoms with van der Waals surface area (Å²) < 4.78 is 5.17. The second-order valence-electron chi connectivity index (χ2n) is 5.50. The molecular weight excluding hydrogens is 318 g/mol. The lowest BCUT2D eigenvalue weighted by molar-refractivity contribution is 0.0945. The molecule has 0 radical (unpaired) electrons. The molecule has 3 aromatic rings. The quantitative estimate of drug-likeness (QED) is 0.748. The molecule has 0 fully saturated rings. The van der Waals surface area contributed by atoms with Crippen LogP contribution < -0.4 is 15.8 Å². The minimum atomic E-state index is -0.500. The predicted molar refractivity (Wildman–Crippen MR) is 94.4 cm³/mol. The molecule has 0 saturated carbocycles. The van der Waals surface area contributed by atoms with Crippen LogP contribution in [0.15, 0.2) is 54.6 Å². The number of carbonyl (C=O) groups is 2. The van der Waals surface area contributed by atoms with Gasteiger partial charge >= 0.3 is 0 Å². The molecule has 0 aliphatic carbocycles. The SMILES string of the molecule is COc1ccc2nc(C(=O)NCc3cccc(C(N)=O)c3)ccc2c1. The van der Waals surface area contributed by atoms with Crippen molar-refractivity contribution < 1.29 is 14.3 Å². The van der Waals surface area contributed by atoms with E-state index in [-0.39, 0.29) is 12.5 Å². The molecule has 25 heavy (non-hydrogen) atoms. The third-order valence-electron chi connectivity index (χ3n) is 3.79. The first-order valence-corrected chi connectivity index (χ1v) is 7.68. The minimum absolute atomic E-state index is 0.280. The molecule has 0 unspecified atom stereocenters. The number of rotatable bonds is 5. The first-order valence-electron chi connectivity index (χ1n) is 7.68. The average molecular weight is 335 g/mol. The van der Waals surface area contributed by atoms with E-state index in [1.807, 2.05) is 18.2 Å². The largest absolute Gasteiger partial charge is 0.497 e. The van der Waals surface area contributed by atoms with Gasteiger partial charge in [0.05, 0.1) is 12.6 Å². The Morgan fingerprint density at radius 3 is 2.72 bits per heavy atom. The van der Waals surface area contributed by atoms with E-state index in [0.717, 1.165) is 16.7 Å². The van der Waals surface area contributed by atoms with Gasteiger partial charge in [-0.05, 0) is 42.0 Å².